The first-order valence-electron chi connectivity index (χ1n) is 11.2. The molecule has 2 amide bonds. The number of nitrogen functional groups attached to an aromatic ring is 1. The van der Waals surface area contributed by atoms with Crippen LogP contribution in [0.5, 0.6) is 0 Å². The zero-order valence-corrected chi connectivity index (χ0v) is 23.0. The van der Waals surface area contributed by atoms with Crippen molar-refractivity contribution in [1.29, 1.82) is 0 Å². The van der Waals surface area contributed by atoms with E-state index in [4.69, 9.17) is 10.6 Å². The van der Waals surface area contributed by atoms with E-state index in [0.29, 0.717) is 16.4 Å². The largest absolute Gasteiger partial charge is 0.477 e. The van der Waals surface area contributed by atoms with Gasteiger partial charge in [0.2, 0.25) is 0 Å². The minimum absolute atomic E-state index is 0.0960. The summed E-state index contributed by atoms with van der Waals surface area (Å²) in [7, 11) is 1.25. The highest BCUT2D eigenvalue weighted by atomic mass is 32.2. The lowest BCUT2D eigenvalue weighted by Gasteiger charge is -2.49. The van der Waals surface area contributed by atoms with Gasteiger partial charge in [0, 0.05) is 23.0 Å². The van der Waals surface area contributed by atoms with E-state index < -0.39 is 35.2 Å². The van der Waals surface area contributed by atoms with E-state index in [2.05, 4.69) is 30.5 Å². The third-order valence-corrected chi connectivity index (χ3v) is 8.79. The van der Waals surface area contributed by atoms with Gasteiger partial charge in [-0.3, -0.25) is 14.5 Å². The number of aliphatic carboxylic acids is 1. The lowest BCUT2D eigenvalue weighted by molar-refractivity contribution is -0.150. The van der Waals surface area contributed by atoms with Gasteiger partial charge in [0.25, 0.3) is 17.6 Å². The number of carbonyl (C=O) groups is 4. The molecular weight excluding hydrogens is 586 g/mol. The highest BCUT2D eigenvalue weighted by Gasteiger charge is 2.54. The van der Waals surface area contributed by atoms with Crippen molar-refractivity contribution >= 4 is 75.2 Å². The number of β-lactam (4-membered cyclic amide) rings is 1. The Morgan fingerprint density at radius 2 is 2.02 bits per heavy atom. The van der Waals surface area contributed by atoms with Crippen molar-refractivity contribution in [3.05, 3.63) is 39.9 Å². The van der Waals surface area contributed by atoms with Gasteiger partial charge in [0.15, 0.2) is 16.5 Å². The van der Waals surface area contributed by atoms with Gasteiger partial charge in [-0.2, -0.15) is 9.50 Å². The molecule has 5 rings (SSSR count). The standard InChI is InChI=1S/C21H19N9O7S3/c1-7-23-21-25-9(18(33)34)3-11(30(21)27-7)38-4-8-5-39-17-13(16(32)29(17)14(8)19(35)36)26-15(31)12(28-37-2)10-6-40-20(22)24-10/h3,6,13,17H,4-5H2,1-2H3,(H2,22,24)(H,26,31)(H,33,34)(H,35,36)/b28-12-/t13-,17-/m1/s1. The maximum atomic E-state index is 13.1. The quantitative estimate of drug-likeness (QED) is 0.0831. The Kier molecular flexibility index (Phi) is 7.34. The number of fused-ring (bicyclic) bond motifs is 2. The summed E-state index contributed by atoms with van der Waals surface area (Å²) in [4.78, 5) is 67.8. The second kappa shape index (κ2) is 10.7. The van der Waals surface area contributed by atoms with Crippen LogP contribution in [0.2, 0.25) is 0 Å². The van der Waals surface area contributed by atoms with E-state index in [0.717, 1.165) is 28.0 Å². The van der Waals surface area contributed by atoms with E-state index >= 15 is 0 Å². The fourth-order valence-electron chi connectivity index (χ4n) is 4.01. The molecule has 3 aromatic rings. The number of nitrogens with two attached hydrogens (primary N) is 1. The van der Waals surface area contributed by atoms with Crippen molar-refractivity contribution in [3.8, 4) is 0 Å². The summed E-state index contributed by atoms with van der Waals surface area (Å²) in [5.41, 5.74) is 5.65. The van der Waals surface area contributed by atoms with Gasteiger partial charge in [-0.25, -0.2) is 19.6 Å². The van der Waals surface area contributed by atoms with Gasteiger partial charge < -0.3 is 26.1 Å². The molecule has 0 unspecified atom stereocenters. The van der Waals surface area contributed by atoms with Crippen molar-refractivity contribution in [2.24, 2.45) is 5.16 Å². The van der Waals surface area contributed by atoms with Crippen molar-refractivity contribution in [3.63, 3.8) is 0 Å². The highest BCUT2D eigenvalue weighted by Crippen LogP contribution is 2.41. The molecule has 19 heteroatoms. The number of nitrogens with zero attached hydrogens (tertiary/aromatic N) is 7. The van der Waals surface area contributed by atoms with Crippen LogP contribution in [0.3, 0.4) is 0 Å². The minimum atomic E-state index is -1.30. The smallest absolute Gasteiger partial charge is 0.354 e. The Morgan fingerprint density at radius 1 is 1.25 bits per heavy atom. The van der Waals surface area contributed by atoms with Crippen molar-refractivity contribution < 1.29 is 34.2 Å². The number of carboxylic acid groups (broad SMARTS) is 2. The Bertz CT molecular complexity index is 1630. The third kappa shape index (κ3) is 4.93. The molecule has 16 nitrogen and oxygen atoms in total. The Balaban J connectivity index is 1.36. The van der Waals surface area contributed by atoms with Gasteiger partial charge in [0.05, 0.1) is 0 Å². The van der Waals surface area contributed by atoms with E-state index in [1.165, 1.54) is 34.8 Å². The number of anilines is 1. The molecule has 5 N–H and O–H groups in total. The first kappa shape index (κ1) is 27.3. The summed E-state index contributed by atoms with van der Waals surface area (Å²) in [5.74, 6) is -3.04. The fourth-order valence-corrected chi connectivity index (χ4v) is 7.04. The van der Waals surface area contributed by atoms with Gasteiger partial charge in [0.1, 0.15) is 40.8 Å². The Morgan fingerprint density at radius 3 is 2.67 bits per heavy atom. The molecule has 40 heavy (non-hydrogen) atoms. The van der Waals surface area contributed by atoms with Crippen LogP contribution >= 0.6 is 34.9 Å². The summed E-state index contributed by atoms with van der Waals surface area (Å²) >= 11 is 3.52. The maximum absolute atomic E-state index is 13.1. The number of oxime groups is 1. The third-order valence-electron chi connectivity index (χ3n) is 5.70. The molecule has 2 aliphatic rings. The number of carboxylic acids is 2. The van der Waals surface area contributed by atoms with Crippen LogP contribution in [-0.4, -0.2) is 99.2 Å². The fraction of sp³-hybridized carbons (Fsp3) is 0.286. The molecule has 0 aromatic carbocycles. The maximum Gasteiger partial charge on any atom is 0.354 e. The average molecular weight is 606 g/mol. The second-order valence-corrected chi connectivity index (χ2v) is 11.2. The molecule has 0 bridgehead atoms. The summed E-state index contributed by atoms with van der Waals surface area (Å²) < 4.78 is 1.38. The summed E-state index contributed by atoms with van der Waals surface area (Å²) in [6.45, 7) is 1.63. The lowest BCUT2D eigenvalue weighted by Crippen LogP contribution is -2.71. The van der Waals surface area contributed by atoms with E-state index in [9.17, 15) is 29.4 Å². The number of aromatic carboxylic acids is 1. The van der Waals surface area contributed by atoms with Crippen LogP contribution in [0, 0.1) is 6.92 Å². The Labute approximate surface area is 236 Å². The van der Waals surface area contributed by atoms with Gasteiger partial charge in [-0.05, 0) is 12.5 Å². The summed E-state index contributed by atoms with van der Waals surface area (Å²) in [6, 6.07) is 0.318. The predicted molar refractivity (Wildman–Crippen MR) is 143 cm³/mol. The first-order valence-corrected chi connectivity index (χ1v) is 14.1. The van der Waals surface area contributed by atoms with Crippen LogP contribution in [0.15, 0.2) is 32.9 Å². The van der Waals surface area contributed by atoms with Gasteiger partial charge in [-0.1, -0.05) is 5.16 Å². The molecule has 5 heterocycles. The number of aromatic nitrogens is 5. The molecule has 0 saturated carbocycles. The first-order chi connectivity index (χ1) is 19.1. The Hall–Kier alpha value is -4.23. The zero-order chi connectivity index (χ0) is 28.7. The second-order valence-electron chi connectivity index (χ2n) is 8.26. The number of rotatable bonds is 9. The molecule has 0 aliphatic carbocycles. The summed E-state index contributed by atoms with van der Waals surface area (Å²) in [6.07, 6.45) is 0. The lowest BCUT2D eigenvalue weighted by atomic mass is 10.0. The number of amides is 2. The number of hydrogen-bond donors (Lipinski definition) is 4. The SMILES string of the molecule is CO/N=C(\C(=O)N[C@@H]1C(=O)N2C(C(=O)O)=C(CSc3cc(C(=O)O)nc4nc(C)nn34)CS[C@H]12)c1csc(N)n1. The highest BCUT2D eigenvalue weighted by molar-refractivity contribution is 8.01. The van der Waals surface area contributed by atoms with Crippen molar-refractivity contribution in [1.82, 2.24) is 34.8 Å². The van der Waals surface area contributed by atoms with Gasteiger partial charge >= 0.3 is 11.9 Å². The van der Waals surface area contributed by atoms with E-state index in [1.54, 1.807) is 6.92 Å². The normalized spacial score (nSPS) is 18.9. The van der Waals surface area contributed by atoms with E-state index in [-0.39, 0.29) is 45.2 Å². The number of hydrogen-bond acceptors (Lipinski definition) is 14. The topological polar surface area (TPSA) is 228 Å². The number of thiazole rings is 1. The van der Waals surface area contributed by atoms with Crippen molar-refractivity contribution in [2.45, 2.75) is 23.4 Å². The minimum Gasteiger partial charge on any atom is -0.477 e. The monoisotopic (exact) mass is 605 g/mol. The van der Waals surface area contributed by atoms with Crippen LogP contribution in [-0.2, 0) is 19.2 Å². The number of aryl methyl sites for hydroxylation is 1. The average Bonchev–Trinajstić information content (AvgIpc) is 3.52. The number of thioether (sulfide) groups is 2. The van der Waals surface area contributed by atoms with Crippen LogP contribution in [0.1, 0.15) is 22.0 Å². The summed E-state index contributed by atoms with van der Waals surface area (Å²) in [5, 5.41) is 31.4. The van der Waals surface area contributed by atoms with Crippen LogP contribution in [0.25, 0.3) is 5.78 Å². The molecule has 1 fully saturated rings. The van der Waals surface area contributed by atoms with Gasteiger partial charge in [-0.15, -0.1) is 40.0 Å². The van der Waals surface area contributed by atoms with Crippen LogP contribution < -0.4 is 11.1 Å². The predicted octanol–water partition coefficient (Wildman–Crippen LogP) is 0.0510. The van der Waals surface area contributed by atoms with Crippen molar-refractivity contribution in [2.75, 3.05) is 24.3 Å². The molecule has 2 aliphatic heterocycles. The molecule has 2 atom stereocenters. The number of nitrogens with one attached hydrogen (secondary N) is 1. The molecule has 3 aromatic heterocycles. The molecular formula is C21H19N9O7S3. The molecule has 208 valence electrons. The molecule has 0 spiro atoms. The molecule has 1 saturated heterocycles. The van der Waals surface area contributed by atoms with Crippen LogP contribution in [0.4, 0.5) is 5.13 Å². The molecule has 0 radical (unpaired) electrons. The number of carbonyl (C=O) groups excluding carboxylic acids is 2. The van der Waals surface area contributed by atoms with E-state index in [1.807, 2.05) is 0 Å². The zero-order valence-electron chi connectivity index (χ0n) is 20.6.